The van der Waals surface area contributed by atoms with E-state index < -0.39 is 0 Å². The minimum Gasteiger partial charge on any atom is -0.376 e. The fourth-order valence-corrected chi connectivity index (χ4v) is 2.78. The first-order chi connectivity index (χ1) is 9.67. The van der Waals surface area contributed by atoms with Crippen LogP contribution in [0.2, 0.25) is 0 Å². The van der Waals surface area contributed by atoms with Crippen molar-refractivity contribution in [2.75, 3.05) is 31.6 Å². The number of nitrogens with one attached hydrogen (secondary N) is 1. The van der Waals surface area contributed by atoms with Gasteiger partial charge in [-0.15, -0.1) is 0 Å². The molecule has 3 nitrogen and oxygen atoms in total. The number of likely N-dealkylation sites (N-methyl/N-ethyl adjacent to an activating group) is 1. The lowest BCUT2D eigenvalue weighted by Gasteiger charge is -2.30. The molecule has 0 spiro atoms. The molecule has 2 unspecified atom stereocenters. The van der Waals surface area contributed by atoms with Crippen molar-refractivity contribution >= 4 is 5.69 Å². The summed E-state index contributed by atoms with van der Waals surface area (Å²) in [7, 11) is 1.90. The summed E-state index contributed by atoms with van der Waals surface area (Å²) in [5.41, 5.74) is 1.72. The van der Waals surface area contributed by atoms with Gasteiger partial charge in [-0.05, 0) is 45.4 Å². The molecule has 0 aliphatic carbocycles. The molecule has 1 heterocycles. The predicted octanol–water partition coefficient (Wildman–Crippen LogP) is 3.11. The molecule has 1 fully saturated rings. The van der Waals surface area contributed by atoms with E-state index in [4.69, 9.17) is 4.74 Å². The van der Waals surface area contributed by atoms with Crippen molar-refractivity contribution < 1.29 is 9.13 Å². The summed E-state index contributed by atoms with van der Waals surface area (Å²) in [6.45, 7) is 6.50. The molecule has 0 radical (unpaired) electrons. The topological polar surface area (TPSA) is 24.5 Å². The van der Waals surface area contributed by atoms with E-state index in [0.717, 1.165) is 38.1 Å². The van der Waals surface area contributed by atoms with Gasteiger partial charge in [0.2, 0.25) is 0 Å². The van der Waals surface area contributed by atoms with Gasteiger partial charge in [0, 0.05) is 25.7 Å². The predicted molar refractivity (Wildman–Crippen MR) is 80.7 cm³/mol. The quantitative estimate of drug-likeness (QED) is 0.866. The van der Waals surface area contributed by atoms with E-state index in [1.54, 1.807) is 12.1 Å². The molecule has 20 heavy (non-hydrogen) atoms. The fraction of sp³-hybridized carbons (Fsp3) is 0.625. The number of benzene rings is 1. The number of nitrogens with zero attached hydrogens (tertiary/aromatic N) is 1. The van der Waals surface area contributed by atoms with Crippen LogP contribution in [0.15, 0.2) is 18.2 Å². The fourth-order valence-electron chi connectivity index (χ4n) is 2.78. The highest BCUT2D eigenvalue weighted by molar-refractivity contribution is 5.56. The second kappa shape index (κ2) is 7.04. The standard InChI is InChI=1S/C16H25FN2O/c1-4-19(11-13-7-6-10-20-13)16-14(12(2)18-3)8-5-9-15(16)17/h5,8-9,12-13,18H,4,6-7,10-11H2,1-3H3. The first kappa shape index (κ1) is 15.3. The molecule has 0 aromatic heterocycles. The Kier molecular flexibility index (Phi) is 5.38. The Morgan fingerprint density at radius 1 is 1.50 bits per heavy atom. The Balaban J connectivity index is 2.27. The number of anilines is 1. The Hall–Kier alpha value is -1.13. The summed E-state index contributed by atoms with van der Waals surface area (Å²) in [6.07, 6.45) is 2.41. The average molecular weight is 280 g/mol. The van der Waals surface area contributed by atoms with Crippen molar-refractivity contribution in [1.29, 1.82) is 0 Å². The van der Waals surface area contributed by atoms with Crippen LogP contribution >= 0.6 is 0 Å². The van der Waals surface area contributed by atoms with Gasteiger partial charge in [0.05, 0.1) is 11.8 Å². The van der Waals surface area contributed by atoms with Gasteiger partial charge in [-0.1, -0.05) is 12.1 Å². The SMILES string of the molecule is CCN(CC1CCCO1)c1c(F)cccc1C(C)NC. The summed E-state index contributed by atoms with van der Waals surface area (Å²) < 4.78 is 20.0. The molecule has 4 heteroatoms. The largest absolute Gasteiger partial charge is 0.376 e. The summed E-state index contributed by atoms with van der Waals surface area (Å²) in [4.78, 5) is 2.11. The number of hydrogen-bond donors (Lipinski definition) is 1. The molecule has 1 aliphatic heterocycles. The third kappa shape index (κ3) is 3.30. The zero-order chi connectivity index (χ0) is 14.5. The smallest absolute Gasteiger partial charge is 0.146 e. The monoisotopic (exact) mass is 280 g/mol. The first-order valence-corrected chi connectivity index (χ1v) is 7.49. The molecule has 112 valence electrons. The average Bonchev–Trinajstić information content (AvgIpc) is 2.97. The maximum Gasteiger partial charge on any atom is 0.146 e. The van der Waals surface area contributed by atoms with Crippen LogP contribution in [0.3, 0.4) is 0 Å². The zero-order valence-corrected chi connectivity index (χ0v) is 12.7. The maximum absolute atomic E-state index is 14.3. The van der Waals surface area contributed by atoms with Gasteiger partial charge in [0.25, 0.3) is 0 Å². The summed E-state index contributed by atoms with van der Waals surface area (Å²) in [5.74, 6) is -0.149. The van der Waals surface area contributed by atoms with Gasteiger partial charge in [0.15, 0.2) is 0 Å². The number of rotatable bonds is 6. The van der Waals surface area contributed by atoms with E-state index >= 15 is 0 Å². The summed E-state index contributed by atoms with van der Waals surface area (Å²) in [6, 6.07) is 5.44. The highest BCUT2D eigenvalue weighted by atomic mass is 19.1. The second-order valence-electron chi connectivity index (χ2n) is 5.36. The molecular formula is C16H25FN2O. The van der Waals surface area contributed by atoms with Gasteiger partial charge in [-0.25, -0.2) is 4.39 Å². The molecule has 0 bridgehead atoms. The van der Waals surface area contributed by atoms with Crippen molar-refractivity contribution in [2.45, 2.75) is 38.8 Å². The number of hydrogen-bond acceptors (Lipinski definition) is 3. The van der Waals surface area contributed by atoms with Crippen LogP contribution in [0.5, 0.6) is 0 Å². The molecule has 0 amide bonds. The Bertz CT molecular complexity index is 432. The van der Waals surface area contributed by atoms with Crippen LogP contribution in [0.25, 0.3) is 0 Å². The third-order valence-electron chi connectivity index (χ3n) is 4.06. The van der Waals surface area contributed by atoms with Crippen molar-refractivity contribution in [3.05, 3.63) is 29.6 Å². The van der Waals surface area contributed by atoms with Crippen LogP contribution in [0.1, 0.15) is 38.3 Å². The molecule has 1 aromatic carbocycles. The van der Waals surface area contributed by atoms with Crippen molar-refractivity contribution in [3.63, 3.8) is 0 Å². The minimum atomic E-state index is -0.149. The Morgan fingerprint density at radius 3 is 2.90 bits per heavy atom. The highest BCUT2D eigenvalue weighted by Crippen LogP contribution is 2.30. The van der Waals surface area contributed by atoms with Gasteiger partial charge in [-0.3, -0.25) is 0 Å². The molecular weight excluding hydrogens is 255 g/mol. The van der Waals surface area contributed by atoms with Crippen LogP contribution < -0.4 is 10.2 Å². The van der Waals surface area contributed by atoms with Crippen molar-refractivity contribution in [3.8, 4) is 0 Å². The zero-order valence-electron chi connectivity index (χ0n) is 12.7. The summed E-state index contributed by atoms with van der Waals surface area (Å²) in [5, 5.41) is 3.20. The number of halogens is 1. The normalized spacial score (nSPS) is 20.1. The number of ether oxygens (including phenoxy) is 1. The van der Waals surface area contributed by atoms with Gasteiger partial charge in [-0.2, -0.15) is 0 Å². The van der Waals surface area contributed by atoms with E-state index in [2.05, 4.69) is 24.1 Å². The van der Waals surface area contributed by atoms with Gasteiger partial charge in [0.1, 0.15) is 5.82 Å². The van der Waals surface area contributed by atoms with E-state index in [1.165, 1.54) is 0 Å². The van der Waals surface area contributed by atoms with Crippen molar-refractivity contribution in [2.24, 2.45) is 0 Å². The molecule has 1 aromatic rings. The van der Waals surface area contributed by atoms with E-state index in [1.807, 2.05) is 13.1 Å². The van der Waals surface area contributed by atoms with Crippen LogP contribution in [0, 0.1) is 5.82 Å². The molecule has 1 aliphatic rings. The highest BCUT2D eigenvalue weighted by Gasteiger charge is 2.23. The lowest BCUT2D eigenvalue weighted by molar-refractivity contribution is 0.115. The molecule has 0 saturated carbocycles. The molecule has 1 N–H and O–H groups in total. The minimum absolute atomic E-state index is 0.124. The molecule has 1 saturated heterocycles. The second-order valence-corrected chi connectivity index (χ2v) is 5.36. The lowest BCUT2D eigenvalue weighted by atomic mass is 10.0. The van der Waals surface area contributed by atoms with Crippen LogP contribution in [-0.4, -0.2) is 32.8 Å². The van der Waals surface area contributed by atoms with E-state index in [0.29, 0.717) is 5.69 Å². The number of para-hydroxylation sites is 1. The third-order valence-corrected chi connectivity index (χ3v) is 4.06. The van der Waals surface area contributed by atoms with Gasteiger partial charge >= 0.3 is 0 Å². The summed E-state index contributed by atoms with van der Waals surface area (Å²) >= 11 is 0. The van der Waals surface area contributed by atoms with Crippen LogP contribution in [-0.2, 0) is 4.74 Å². The molecule has 2 rings (SSSR count). The van der Waals surface area contributed by atoms with Gasteiger partial charge < -0.3 is 15.0 Å². The van der Waals surface area contributed by atoms with Crippen molar-refractivity contribution in [1.82, 2.24) is 5.32 Å². The van der Waals surface area contributed by atoms with E-state index in [9.17, 15) is 4.39 Å². The Morgan fingerprint density at radius 2 is 2.30 bits per heavy atom. The lowest BCUT2D eigenvalue weighted by Crippen LogP contribution is -2.34. The Labute approximate surface area is 121 Å². The van der Waals surface area contributed by atoms with Crippen LogP contribution in [0.4, 0.5) is 10.1 Å². The maximum atomic E-state index is 14.3. The first-order valence-electron chi connectivity index (χ1n) is 7.49. The molecule has 2 atom stereocenters. The van der Waals surface area contributed by atoms with E-state index in [-0.39, 0.29) is 18.0 Å².